The molecule has 0 aliphatic heterocycles. The molecule has 0 bridgehead atoms. The molecule has 0 spiro atoms. The van der Waals surface area contributed by atoms with Crippen LogP contribution in [0.1, 0.15) is 12.5 Å². The highest BCUT2D eigenvalue weighted by atomic mass is 16.5. The van der Waals surface area contributed by atoms with Crippen LogP contribution in [-0.2, 0) is 4.79 Å². The summed E-state index contributed by atoms with van der Waals surface area (Å²) in [5.41, 5.74) is 3.33. The first-order valence-corrected chi connectivity index (χ1v) is 9.37. The molecular formula is C24H23N3O3. The number of nitrogens with zero attached hydrogens (tertiary/aromatic N) is 1. The van der Waals surface area contributed by atoms with E-state index in [9.17, 15) is 9.90 Å². The first kappa shape index (κ1) is 20.7. The van der Waals surface area contributed by atoms with Crippen LogP contribution in [0.4, 0.5) is 17.1 Å². The van der Waals surface area contributed by atoms with Crippen molar-refractivity contribution in [1.29, 1.82) is 0 Å². The molecule has 0 atom stereocenters. The summed E-state index contributed by atoms with van der Waals surface area (Å²) >= 11 is 0. The summed E-state index contributed by atoms with van der Waals surface area (Å²) in [5.74, 6) is 0.185. The molecule has 6 heteroatoms. The molecule has 3 aromatic carbocycles. The van der Waals surface area contributed by atoms with Gasteiger partial charge in [0, 0.05) is 29.2 Å². The molecule has 0 saturated carbocycles. The molecule has 152 valence electrons. The van der Waals surface area contributed by atoms with Gasteiger partial charge in [0.1, 0.15) is 0 Å². The molecule has 0 aliphatic carbocycles. The minimum atomic E-state index is -0.228. The van der Waals surface area contributed by atoms with Crippen LogP contribution >= 0.6 is 0 Å². The molecule has 0 aliphatic rings. The molecule has 0 heterocycles. The number of ether oxygens (including phenoxy) is 1. The second-order valence-corrected chi connectivity index (χ2v) is 6.48. The first-order chi connectivity index (χ1) is 14.6. The lowest BCUT2D eigenvalue weighted by atomic mass is 10.2. The monoisotopic (exact) mass is 401 g/mol. The Bertz CT molecular complexity index is 1080. The third-order valence-electron chi connectivity index (χ3n) is 4.22. The Labute approximate surface area is 175 Å². The Balaban J connectivity index is 1.74. The van der Waals surface area contributed by atoms with Crippen molar-refractivity contribution in [3.8, 4) is 11.5 Å². The maximum Gasteiger partial charge on any atom is 0.250 e. The molecule has 0 fully saturated rings. The van der Waals surface area contributed by atoms with Crippen LogP contribution in [0.3, 0.4) is 0 Å². The lowest BCUT2D eigenvalue weighted by molar-refractivity contribution is -0.111. The van der Waals surface area contributed by atoms with Crippen molar-refractivity contribution >= 4 is 29.2 Å². The maximum absolute atomic E-state index is 12.2. The van der Waals surface area contributed by atoms with Gasteiger partial charge in [0.05, 0.1) is 18.5 Å². The summed E-state index contributed by atoms with van der Waals surface area (Å²) in [7, 11) is 1.50. The van der Waals surface area contributed by atoms with Crippen LogP contribution in [0.25, 0.3) is 0 Å². The zero-order chi connectivity index (χ0) is 21.3. The van der Waals surface area contributed by atoms with E-state index in [1.165, 1.54) is 13.2 Å². The number of carbonyl (C=O) groups is 1. The lowest BCUT2D eigenvalue weighted by Gasteiger charge is -2.10. The number of phenolic OH excluding ortho intramolecular Hbond substituents is 1. The number of hydrogen-bond donors (Lipinski definition) is 3. The van der Waals surface area contributed by atoms with Gasteiger partial charge in [0.25, 0.3) is 0 Å². The van der Waals surface area contributed by atoms with E-state index in [0.717, 1.165) is 11.4 Å². The van der Waals surface area contributed by atoms with Crippen LogP contribution in [0.2, 0.25) is 0 Å². The molecule has 3 rings (SSSR count). The van der Waals surface area contributed by atoms with Crippen molar-refractivity contribution in [2.45, 2.75) is 6.92 Å². The summed E-state index contributed by atoms with van der Waals surface area (Å²) < 4.78 is 5.12. The van der Waals surface area contributed by atoms with Gasteiger partial charge in [-0.15, -0.1) is 0 Å². The van der Waals surface area contributed by atoms with Gasteiger partial charge in [0.2, 0.25) is 5.91 Å². The highest BCUT2D eigenvalue weighted by Crippen LogP contribution is 2.30. The average Bonchev–Trinajstić information content (AvgIpc) is 2.74. The zero-order valence-electron chi connectivity index (χ0n) is 16.8. The van der Waals surface area contributed by atoms with Gasteiger partial charge in [-0.1, -0.05) is 36.4 Å². The highest BCUT2D eigenvalue weighted by molar-refractivity contribution is 6.00. The van der Waals surface area contributed by atoms with Crippen LogP contribution in [0.5, 0.6) is 11.5 Å². The SMILES string of the molecule is COc1cccc(C=Nc2ccccc2N/C(C)=C/C(=O)Nc2ccccc2)c1O. The van der Waals surface area contributed by atoms with E-state index in [1.54, 1.807) is 31.3 Å². The molecule has 0 saturated heterocycles. The van der Waals surface area contributed by atoms with Gasteiger partial charge >= 0.3 is 0 Å². The average molecular weight is 401 g/mol. The number of anilines is 2. The van der Waals surface area contributed by atoms with Crippen LogP contribution in [-0.4, -0.2) is 24.3 Å². The van der Waals surface area contributed by atoms with Gasteiger partial charge in [-0.25, -0.2) is 0 Å². The van der Waals surface area contributed by atoms with Gasteiger partial charge in [0.15, 0.2) is 11.5 Å². The van der Waals surface area contributed by atoms with Crippen LogP contribution in [0.15, 0.2) is 89.6 Å². The van der Waals surface area contributed by atoms with Crippen molar-refractivity contribution in [3.63, 3.8) is 0 Å². The Morgan fingerprint density at radius 1 is 0.967 bits per heavy atom. The summed E-state index contributed by atoms with van der Waals surface area (Å²) in [6.45, 7) is 1.80. The minimum absolute atomic E-state index is 0.0304. The predicted octanol–water partition coefficient (Wildman–Crippen LogP) is 5.11. The van der Waals surface area contributed by atoms with Crippen LogP contribution in [0, 0.1) is 0 Å². The fourth-order valence-electron chi connectivity index (χ4n) is 2.78. The molecule has 0 unspecified atom stereocenters. The molecule has 30 heavy (non-hydrogen) atoms. The third-order valence-corrected chi connectivity index (χ3v) is 4.22. The van der Waals surface area contributed by atoms with E-state index >= 15 is 0 Å². The Kier molecular flexibility index (Phi) is 6.84. The number of para-hydroxylation sites is 4. The van der Waals surface area contributed by atoms with Crippen molar-refractivity contribution < 1.29 is 14.6 Å². The molecular weight excluding hydrogens is 378 g/mol. The van der Waals surface area contributed by atoms with E-state index in [1.807, 2.05) is 54.6 Å². The smallest absolute Gasteiger partial charge is 0.250 e. The number of allylic oxidation sites excluding steroid dienone is 1. The number of aromatic hydroxyl groups is 1. The summed E-state index contributed by atoms with van der Waals surface area (Å²) in [4.78, 5) is 16.7. The fourth-order valence-corrected chi connectivity index (χ4v) is 2.78. The minimum Gasteiger partial charge on any atom is -0.504 e. The second-order valence-electron chi connectivity index (χ2n) is 6.48. The number of carbonyl (C=O) groups excluding carboxylic acids is 1. The summed E-state index contributed by atoms with van der Waals surface area (Å²) in [6, 6.07) is 21.9. The Morgan fingerprint density at radius 3 is 2.47 bits per heavy atom. The largest absolute Gasteiger partial charge is 0.504 e. The zero-order valence-corrected chi connectivity index (χ0v) is 16.8. The first-order valence-electron chi connectivity index (χ1n) is 9.37. The van der Waals surface area contributed by atoms with E-state index in [0.29, 0.717) is 22.7 Å². The summed E-state index contributed by atoms with van der Waals surface area (Å²) in [5, 5.41) is 16.2. The molecule has 0 radical (unpaired) electrons. The number of methoxy groups -OCH3 is 1. The maximum atomic E-state index is 12.2. The van der Waals surface area contributed by atoms with Crippen molar-refractivity contribution in [2.75, 3.05) is 17.7 Å². The highest BCUT2D eigenvalue weighted by Gasteiger charge is 2.06. The van der Waals surface area contributed by atoms with Crippen molar-refractivity contribution in [1.82, 2.24) is 0 Å². The molecule has 3 N–H and O–H groups in total. The van der Waals surface area contributed by atoms with E-state index < -0.39 is 0 Å². The van der Waals surface area contributed by atoms with Gasteiger partial charge in [-0.3, -0.25) is 9.79 Å². The third kappa shape index (κ3) is 5.48. The van der Waals surface area contributed by atoms with Gasteiger partial charge < -0.3 is 20.5 Å². The number of nitrogens with one attached hydrogen (secondary N) is 2. The quantitative estimate of drug-likeness (QED) is 0.380. The van der Waals surface area contributed by atoms with E-state index in [4.69, 9.17) is 4.74 Å². The normalized spacial score (nSPS) is 11.3. The number of aliphatic imine (C=N–C) groups is 1. The molecule has 3 aromatic rings. The van der Waals surface area contributed by atoms with Crippen LogP contribution < -0.4 is 15.4 Å². The Hall–Kier alpha value is -4.06. The standard InChI is InChI=1S/C24H23N3O3/c1-17(15-23(28)27-19-10-4-3-5-11-19)26-21-13-7-6-12-20(21)25-16-18-9-8-14-22(30-2)24(18)29/h3-16,26,29H,1-2H3,(H,27,28)/b17-15+,25-16?. The second kappa shape index (κ2) is 9.93. The molecule has 0 aromatic heterocycles. The fraction of sp³-hybridized carbons (Fsp3) is 0.0833. The van der Waals surface area contributed by atoms with Crippen molar-refractivity contribution in [2.24, 2.45) is 4.99 Å². The lowest BCUT2D eigenvalue weighted by Crippen LogP contribution is -2.10. The predicted molar refractivity (Wildman–Crippen MR) is 121 cm³/mol. The number of benzene rings is 3. The number of hydrogen-bond acceptors (Lipinski definition) is 5. The van der Waals surface area contributed by atoms with Gasteiger partial charge in [-0.2, -0.15) is 0 Å². The van der Waals surface area contributed by atoms with E-state index in [2.05, 4.69) is 15.6 Å². The number of phenols is 1. The van der Waals surface area contributed by atoms with Gasteiger partial charge in [-0.05, 0) is 43.3 Å². The molecule has 6 nitrogen and oxygen atoms in total. The number of rotatable bonds is 7. The summed E-state index contributed by atoms with van der Waals surface area (Å²) in [6.07, 6.45) is 3.06. The Morgan fingerprint density at radius 2 is 1.70 bits per heavy atom. The number of amides is 1. The molecule has 1 amide bonds. The van der Waals surface area contributed by atoms with Crippen molar-refractivity contribution in [3.05, 3.63) is 90.1 Å². The van der Waals surface area contributed by atoms with E-state index in [-0.39, 0.29) is 11.7 Å². The topological polar surface area (TPSA) is 83.0 Å².